The minimum atomic E-state index is -0.225. The van der Waals surface area contributed by atoms with E-state index in [9.17, 15) is 9.59 Å². The Balaban J connectivity index is 1.39. The molecule has 1 fully saturated rings. The highest BCUT2D eigenvalue weighted by Crippen LogP contribution is 2.27. The zero-order chi connectivity index (χ0) is 27.5. The molecule has 0 spiro atoms. The van der Waals surface area contributed by atoms with Crippen molar-refractivity contribution in [1.29, 1.82) is 0 Å². The van der Waals surface area contributed by atoms with Crippen molar-refractivity contribution in [2.45, 2.75) is 13.5 Å². The van der Waals surface area contributed by atoms with Crippen LogP contribution in [0, 0.1) is 6.92 Å². The van der Waals surface area contributed by atoms with Gasteiger partial charge in [0.2, 0.25) is 5.95 Å². The minimum absolute atomic E-state index is 0.199. The van der Waals surface area contributed by atoms with Crippen LogP contribution in [0.3, 0.4) is 0 Å². The summed E-state index contributed by atoms with van der Waals surface area (Å²) < 4.78 is 12.2. The van der Waals surface area contributed by atoms with E-state index in [1.807, 2.05) is 19.1 Å². The summed E-state index contributed by atoms with van der Waals surface area (Å²) in [7, 11) is 5.25. The number of fused-ring (bicyclic) bond motifs is 1. The van der Waals surface area contributed by atoms with Crippen molar-refractivity contribution in [3.8, 4) is 17.2 Å². The van der Waals surface area contributed by atoms with E-state index in [4.69, 9.17) is 19.4 Å². The Hall–Kier alpha value is -4.44. The Morgan fingerprint density at radius 1 is 0.923 bits per heavy atom. The summed E-state index contributed by atoms with van der Waals surface area (Å²) in [6.45, 7) is 5.77. The number of nitrogens with zero attached hydrogens (tertiary/aromatic N) is 5. The number of hydrogen-bond acceptors (Lipinski definition) is 8. The van der Waals surface area contributed by atoms with Gasteiger partial charge in [-0.3, -0.25) is 14.2 Å². The highest BCUT2D eigenvalue weighted by molar-refractivity contribution is 5.94. The molecular weight excluding hydrogens is 496 g/mol. The maximum absolute atomic E-state index is 13.0. The second kappa shape index (κ2) is 11.1. The highest BCUT2D eigenvalue weighted by Gasteiger charge is 2.19. The molecule has 0 unspecified atom stereocenters. The molecular formula is C29H32N6O4. The molecule has 3 heterocycles. The molecule has 0 aliphatic carbocycles. The van der Waals surface area contributed by atoms with Gasteiger partial charge in [0.15, 0.2) is 17.1 Å². The molecule has 1 amide bonds. The first-order chi connectivity index (χ1) is 18.9. The van der Waals surface area contributed by atoms with Crippen molar-refractivity contribution in [1.82, 2.24) is 24.8 Å². The van der Waals surface area contributed by atoms with Crippen molar-refractivity contribution < 1.29 is 14.3 Å². The zero-order valence-electron chi connectivity index (χ0n) is 22.6. The number of carbonyl (C=O) groups excluding carboxylic acids is 1. The summed E-state index contributed by atoms with van der Waals surface area (Å²) in [4.78, 5) is 39.9. The molecule has 10 heteroatoms. The fourth-order valence-corrected chi connectivity index (χ4v) is 4.69. The smallest absolute Gasteiger partial charge is 0.256 e. The lowest BCUT2D eigenvalue weighted by molar-refractivity contribution is 0.0951. The standard InChI is InChI=1S/C29H32N6O4/c1-19-23-10-12-26(36)35(27(23)32-29(31-19)34-15-13-33(2)14-16-34)22-8-6-21(7-9-22)28(37)30-18-20-5-11-24(38-3)25(17-20)39-4/h5-12,17H,13-16,18H2,1-4H3,(H,30,37). The minimum Gasteiger partial charge on any atom is -0.493 e. The lowest BCUT2D eigenvalue weighted by atomic mass is 10.1. The molecule has 10 nitrogen and oxygen atoms in total. The lowest BCUT2D eigenvalue weighted by Crippen LogP contribution is -2.45. The normalized spacial score (nSPS) is 13.9. The molecule has 0 radical (unpaired) electrons. The number of carbonyl (C=O) groups is 1. The largest absolute Gasteiger partial charge is 0.493 e. The second-order valence-corrected chi connectivity index (χ2v) is 9.56. The van der Waals surface area contributed by atoms with Crippen LogP contribution in [0.15, 0.2) is 59.4 Å². The molecule has 2 aromatic carbocycles. The molecule has 1 aliphatic rings. The molecule has 202 valence electrons. The van der Waals surface area contributed by atoms with Crippen LogP contribution in [-0.2, 0) is 6.54 Å². The number of aryl methyl sites for hydroxylation is 1. The number of methoxy groups -OCH3 is 2. The molecule has 1 aliphatic heterocycles. The third-order valence-corrected chi connectivity index (χ3v) is 7.00. The van der Waals surface area contributed by atoms with E-state index in [1.165, 1.54) is 6.07 Å². The van der Waals surface area contributed by atoms with Gasteiger partial charge in [0, 0.05) is 49.7 Å². The molecule has 4 aromatic rings. The predicted molar refractivity (Wildman–Crippen MR) is 150 cm³/mol. The van der Waals surface area contributed by atoms with Crippen LogP contribution < -0.4 is 25.2 Å². The van der Waals surface area contributed by atoms with Gasteiger partial charge in [-0.1, -0.05) is 6.07 Å². The number of aromatic nitrogens is 3. The first-order valence-corrected chi connectivity index (χ1v) is 12.8. The number of anilines is 1. The van der Waals surface area contributed by atoms with Gasteiger partial charge in [-0.25, -0.2) is 4.98 Å². The SMILES string of the molecule is COc1ccc(CNC(=O)c2ccc(-n3c(=O)ccc4c(C)nc(N5CCN(C)CC5)nc43)cc2)cc1OC. The molecule has 1 saturated heterocycles. The average molecular weight is 529 g/mol. The summed E-state index contributed by atoms with van der Waals surface area (Å²) in [5, 5.41) is 3.73. The number of amides is 1. The number of benzene rings is 2. The predicted octanol–water partition coefficient (Wildman–Crippen LogP) is 2.79. The number of pyridine rings is 1. The van der Waals surface area contributed by atoms with Crippen molar-refractivity contribution in [3.05, 3.63) is 81.8 Å². The maximum Gasteiger partial charge on any atom is 0.256 e. The number of rotatable bonds is 7. The molecule has 0 saturated carbocycles. The van der Waals surface area contributed by atoms with E-state index < -0.39 is 0 Å². The Morgan fingerprint density at radius 3 is 2.33 bits per heavy atom. The van der Waals surface area contributed by atoms with E-state index in [0.717, 1.165) is 42.8 Å². The van der Waals surface area contributed by atoms with Crippen LogP contribution in [0.25, 0.3) is 16.7 Å². The van der Waals surface area contributed by atoms with Crippen LogP contribution in [0.1, 0.15) is 21.6 Å². The Morgan fingerprint density at radius 2 is 1.64 bits per heavy atom. The van der Waals surface area contributed by atoms with Gasteiger partial charge >= 0.3 is 0 Å². The van der Waals surface area contributed by atoms with Gasteiger partial charge in [-0.15, -0.1) is 0 Å². The van der Waals surface area contributed by atoms with Gasteiger partial charge in [-0.2, -0.15) is 4.98 Å². The third kappa shape index (κ3) is 5.42. The summed E-state index contributed by atoms with van der Waals surface area (Å²) >= 11 is 0. The van der Waals surface area contributed by atoms with E-state index in [-0.39, 0.29) is 11.5 Å². The quantitative estimate of drug-likeness (QED) is 0.391. The average Bonchev–Trinajstić information content (AvgIpc) is 2.96. The maximum atomic E-state index is 13.0. The van der Waals surface area contributed by atoms with Crippen molar-refractivity contribution >= 4 is 22.9 Å². The van der Waals surface area contributed by atoms with Crippen LogP contribution >= 0.6 is 0 Å². The number of hydrogen-bond donors (Lipinski definition) is 1. The summed E-state index contributed by atoms with van der Waals surface area (Å²) in [6, 6.07) is 15.7. The first-order valence-electron chi connectivity index (χ1n) is 12.8. The summed E-state index contributed by atoms with van der Waals surface area (Å²) in [6.07, 6.45) is 0. The van der Waals surface area contributed by atoms with E-state index in [2.05, 4.69) is 22.2 Å². The lowest BCUT2D eigenvalue weighted by Gasteiger charge is -2.32. The fraction of sp³-hybridized carbons (Fsp3) is 0.310. The van der Waals surface area contributed by atoms with Crippen molar-refractivity contribution in [3.63, 3.8) is 0 Å². The van der Waals surface area contributed by atoms with Crippen LogP contribution in [0.2, 0.25) is 0 Å². The van der Waals surface area contributed by atoms with Crippen LogP contribution in [-0.4, -0.2) is 72.8 Å². The molecule has 0 atom stereocenters. The number of piperazine rings is 1. The van der Waals surface area contributed by atoms with Crippen LogP contribution in [0.4, 0.5) is 5.95 Å². The number of ether oxygens (including phenoxy) is 2. The highest BCUT2D eigenvalue weighted by atomic mass is 16.5. The van der Waals surface area contributed by atoms with Crippen molar-refractivity contribution in [2.75, 3.05) is 52.3 Å². The summed E-state index contributed by atoms with van der Waals surface area (Å²) in [5.74, 6) is 1.63. The van der Waals surface area contributed by atoms with Gasteiger partial charge in [-0.05, 0) is 62.0 Å². The zero-order valence-corrected chi connectivity index (χ0v) is 22.6. The molecule has 0 bridgehead atoms. The van der Waals surface area contributed by atoms with Crippen molar-refractivity contribution in [2.24, 2.45) is 0 Å². The molecule has 1 N–H and O–H groups in total. The number of likely N-dealkylation sites (N-methyl/N-ethyl adjacent to an activating group) is 1. The fourth-order valence-electron chi connectivity index (χ4n) is 4.69. The monoisotopic (exact) mass is 528 g/mol. The van der Waals surface area contributed by atoms with Gasteiger partial charge in [0.25, 0.3) is 11.5 Å². The Labute approximate surface area is 226 Å². The van der Waals surface area contributed by atoms with Gasteiger partial charge in [0.05, 0.1) is 25.6 Å². The molecule has 5 rings (SSSR count). The Bertz CT molecular complexity index is 1560. The van der Waals surface area contributed by atoms with Gasteiger partial charge in [0.1, 0.15) is 0 Å². The van der Waals surface area contributed by atoms with Crippen LogP contribution in [0.5, 0.6) is 11.5 Å². The van der Waals surface area contributed by atoms with E-state index >= 15 is 0 Å². The van der Waals surface area contributed by atoms with E-state index in [0.29, 0.717) is 40.9 Å². The van der Waals surface area contributed by atoms with E-state index in [1.54, 1.807) is 55.2 Å². The third-order valence-electron chi connectivity index (χ3n) is 7.00. The Kier molecular flexibility index (Phi) is 7.47. The molecule has 39 heavy (non-hydrogen) atoms. The molecule has 2 aromatic heterocycles. The van der Waals surface area contributed by atoms with Gasteiger partial charge < -0.3 is 24.6 Å². The first kappa shape index (κ1) is 26.2. The topological polar surface area (TPSA) is 102 Å². The second-order valence-electron chi connectivity index (χ2n) is 9.56. The summed E-state index contributed by atoms with van der Waals surface area (Å²) in [5.41, 5.74) is 3.16. The number of nitrogens with one attached hydrogen (secondary N) is 1.